The van der Waals surface area contributed by atoms with Crippen LogP contribution in [0, 0.1) is 5.41 Å². The zero-order valence-electron chi connectivity index (χ0n) is 13.9. The van der Waals surface area contributed by atoms with E-state index in [2.05, 4.69) is 4.98 Å². The van der Waals surface area contributed by atoms with E-state index in [-0.39, 0.29) is 0 Å². The minimum atomic E-state index is -0.825. The fourth-order valence-corrected chi connectivity index (χ4v) is 3.36. The highest BCUT2D eigenvalue weighted by atomic mass is 35.5. The third kappa shape index (κ3) is 4.23. The van der Waals surface area contributed by atoms with Gasteiger partial charge in [-0.3, -0.25) is 4.79 Å². The normalized spacial score (nSPS) is 20.3. The Morgan fingerprint density at radius 3 is 2.76 bits per heavy atom. The maximum Gasteiger partial charge on any atom is 0.311 e. The summed E-state index contributed by atoms with van der Waals surface area (Å²) in [6.45, 7) is 1.59. The number of carboxylic acids is 1. The largest absolute Gasteiger partial charge is 0.494 e. The lowest BCUT2D eigenvalue weighted by Gasteiger charge is -2.40. The summed E-state index contributed by atoms with van der Waals surface area (Å²) in [7, 11) is 0. The average molecular weight is 361 g/mol. The van der Waals surface area contributed by atoms with Gasteiger partial charge in [0.25, 0.3) is 0 Å². The summed E-state index contributed by atoms with van der Waals surface area (Å²) >= 11 is 5.89. The Balaban J connectivity index is 1.68. The molecular formula is C19H21ClN2O3. The summed E-state index contributed by atoms with van der Waals surface area (Å²) in [4.78, 5) is 18.4. The molecule has 1 aliphatic rings. The monoisotopic (exact) mass is 360 g/mol. The Morgan fingerprint density at radius 2 is 2.08 bits per heavy atom. The summed E-state index contributed by atoms with van der Waals surface area (Å²) in [5.74, 6) is 0.747. The molecule has 1 aliphatic heterocycles. The number of aromatic nitrogens is 1. The zero-order chi connectivity index (χ0) is 17.7. The SMILES string of the molecule is O=C(O)[C@]1(CCOc2ccccc2)CCCN(c2ccc(Cl)cn2)C1. The maximum atomic E-state index is 12.0. The molecule has 0 saturated carbocycles. The number of nitrogens with zero attached hydrogens (tertiary/aromatic N) is 2. The van der Waals surface area contributed by atoms with Crippen LogP contribution in [0.1, 0.15) is 19.3 Å². The van der Waals surface area contributed by atoms with Crippen molar-refractivity contribution in [3.63, 3.8) is 0 Å². The second-order valence-electron chi connectivity index (χ2n) is 6.36. The first-order valence-corrected chi connectivity index (χ1v) is 8.75. The topological polar surface area (TPSA) is 62.7 Å². The Bertz CT molecular complexity index is 708. The predicted octanol–water partition coefficient (Wildman–Crippen LogP) is 3.88. The highest BCUT2D eigenvalue weighted by Gasteiger charge is 2.42. The quantitative estimate of drug-likeness (QED) is 0.847. The van der Waals surface area contributed by atoms with Gasteiger partial charge in [0.1, 0.15) is 11.6 Å². The van der Waals surface area contributed by atoms with Crippen molar-refractivity contribution >= 4 is 23.4 Å². The molecule has 0 radical (unpaired) electrons. The number of pyridine rings is 1. The summed E-state index contributed by atoms with van der Waals surface area (Å²) in [5, 5.41) is 10.4. The average Bonchev–Trinajstić information content (AvgIpc) is 2.63. The van der Waals surface area contributed by atoms with Crippen molar-refractivity contribution in [2.75, 3.05) is 24.6 Å². The van der Waals surface area contributed by atoms with E-state index < -0.39 is 11.4 Å². The van der Waals surface area contributed by atoms with Crippen molar-refractivity contribution in [1.29, 1.82) is 0 Å². The molecule has 2 heterocycles. The van der Waals surface area contributed by atoms with Crippen LogP contribution in [0.25, 0.3) is 0 Å². The van der Waals surface area contributed by atoms with Crippen molar-refractivity contribution in [3.05, 3.63) is 53.7 Å². The van der Waals surface area contributed by atoms with E-state index in [1.54, 1.807) is 12.3 Å². The van der Waals surface area contributed by atoms with Gasteiger partial charge in [-0.2, -0.15) is 0 Å². The summed E-state index contributed by atoms with van der Waals surface area (Å²) in [5.41, 5.74) is -0.825. The molecule has 3 rings (SSSR count). The lowest BCUT2D eigenvalue weighted by molar-refractivity contribution is -0.150. The van der Waals surface area contributed by atoms with Crippen LogP contribution in [0.5, 0.6) is 5.75 Å². The van der Waals surface area contributed by atoms with E-state index in [4.69, 9.17) is 16.3 Å². The second-order valence-corrected chi connectivity index (χ2v) is 6.79. The molecule has 0 bridgehead atoms. The van der Waals surface area contributed by atoms with Crippen molar-refractivity contribution < 1.29 is 14.6 Å². The van der Waals surface area contributed by atoms with Crippen LogP contribution in [0.2, 0.25) is 5.02 Å². The van der Waals surface area contributed by atoms with Gasteiger partial charge in [0.2, 0.25) is 0 Å². The summed E-state index contributed by atoms with van der Waals surface area (Å²) in [6.07, 6.45) is 3.50. The lowest BCUT2D eigenvalue weighted by atomic mass is 9.77. The van der Waals surface area contributed by atoms with Gasteiger partial charge >= 0.3 is 5.97 Å². The van der Waals surface area contributed by atoms with Crippen LogP contribution in [0.3, 0.4) is 0 Å². The molecule has 1 saturated heterocycles. The van der Waals surface area contributed by atoms with Crippen molar-refractivity contribution in [1.82, 2.24) is 4.98 Å². The van der Waals surface area contributed by atoms with Crippen LogP contribution in [0.15, 0.2) is 48.7 Å². The molecule has 132 valence electrons. The first-order valence-electron chi connectivity index (χ1n) is 8.37. The zero-order valence-corrected chi connectivity index (χ0v) is 14.7. The van der Waals surface area contributed by atoms with Crippen molar-refractivity contribution in [2.24, 2.45) is 5.41 Å². The Morgan fingerprint density at radius 1 is 1.28 bits per heavy atom. The van der Waals surface area contributed by atoms with Gasteiger partial charge in [0.05, 0.1) is 17.0 Å². The molecule has 0 amide bonds. The highest BCUT2D eigenvalue weighted by Crippen LogP contribution is 2.36. The smallest absolute Gasteiger partial charge is 0.311 e. The number of anilines is 1. The standard InChI is InChI=1S/C19H21ClN2O3/c20-15-7-8-17(21-13-15)22-11-4-9-19(14-22,18(23)24)10-12-25-16-5-2-1-3-6-16/h1-3,5-8,13H,4,9-12,14H2,(H,23,24)/t19-/m0/s1. The van der Waals surface area contributed by atoms with Gasteiger partial charge < -0.3 is 14.7 Å². The van der Waals surface area contributed by atoms with Crippen LogP contribution in [-0.4, -0.2) is 35.8 Å². The number of para-hydroxylation sites is 1. The minimum Gasteiger partial charge on any atom is -0.494 e. The number of carboxylic acid groups (broad SMARTS) is 1. The summed E-state index contributed by atoms with van der Waals surface area (Å²) in [6, 6.07) is 13.1. The molecule has 1 fully saturated rings. The number of ether oxygens (including phenoxy) is 1. The van der Waals surface area contributed by atoms with Crippen LogP contribution < -0.4 is 9.64 Å². The second kappa shape index (κ2) is 7.74. The third-order valence-corrected chi connectivity index (χ3v) is 4.88. The molecule has 1 aromatic heterocycles. The van der Waals surface area contributed by atoms with Crippen molar-refractivity contribution in [2.45, 2.75) is 19.3 Å². The number of aliphatic carboxylic acids is 1. The van der Waals surface area contributed by atoms with Gasteiger partial charge in [0.15, 0.2) is 0 Å². The number of carbonyl (C=O) groups is 1. The number of piperidine rings is 1. The first kappa shape index (κ1) is 17.5. The van der Waals surface area contributed by atoms with E-state index in [0.29, 0.717) is 31.0 Å². The van der Waals surface area contributed by atoms with E-state index in [0.717, 1.165) is 24.5 Å². The lowest BCUT2D eigenvalue weighted by Crippen LogP contribution is -2.49. The fourth-order valence-electron chi connectivity index (χ4n) is 3.25. The fraction of sp³-hybridized carbons (Fsp3) is 0.368. The molecule has 25 heavy (non-hydrogen) atoms. The number of halogens is 1. The minimum absolute atomic E-state index is 0.373. The first-order chi connectivity index (χ1) is 12.1. The van der Waals surface area contributed by atoms with Crippen molar-refractivity contribution in [3.8, 4) is 5.75 Å². The Hall–Kier alpha value is -2.27. The molecule has 0 spiro atoms. The number of hydrogen-bond acceptors (Lipinski definition) is 4. The van der Waals surface area contributed by atoms with Gasteiger partial charge in [-0.25, -0.2) is 4.98 Å². The Labute approximate surface area is 152 Å². The van der Waals surface area contributed by atoms with E-state index >= 15 is 0 Å². The van der Waals surface area contributed by atoms with E-state index in [9.17, 15) is 9.90 Å². The summed E-state index contributed by atoms with van der Waals surface area (Å²) < 4.78 is 5.73. The molecule has 2 aromatic rings. The molecule has 5 nitrogen and oxygen atoms in total. The van der Waals surface area contributed by atoms with Crippen LogP contribution >= 0.6 is 11.6 Å². The van der Waals surface area contributed by atoms with Gasteiger partial charge in [-0.1, -0.05) is 29.8 Å². The number of rotatable bonds is 6. The number of hydrogen-bond donors (Lipinski definition) is 1. The number of benzene rings is 1. The molecular weight excluding hydrogens is 340 g/mol. The maximum absolute atomic E-state index is 12.0. The highest BCUT2D eigenvalue weighted by molar-refractivity contribution is 6.30. The van der Waals surface area contributed by atoms with Gasteiger partial charge in [-0.15, -0.1) is 0 Å². The Kier molecular flexibility index (Phi) is 5.43. The van der Waals surface area contributed by atoms with E-state index in [1.165, 1.54) is 0 Å². The molecule has 0 unspecified atom stereocenters. The third-order valence-electron chi connectivity index (χ3n) is 4.66. The molecule has 1 N–H and O–H groups in total. The van der Waals surface area contributed by atoms with E-state index in [1.807, 2.05) is 41.3 Å². The molecule has 0 aliphatic carbocycles. The van der Waals surface area contributed by atoms with Gasteiger partial charge in [-0.05, 0) is 43.5 Å². The van der Waals surface area contributed by atoms with Crippen LogP contribution in [-0.2, 0) is 4.79 Å². The molecule has 1 aromatic carbocycles. The van der Waals surface area contributed by atoms with Crippen LogP contribution in [0.4, 0.5) is 5.82 Å². The predicted molar refractivity (Wildman–Crippen MR) is 97.3 cm³/mol. The molecule has 6 heteroatoms. The van der Waals surface area contributed by atoms with Gasteiger partial charge in [0, 0.05) is 19.3 Å². The molecule has 1 atom stereocenters.